The molecule has 0 bridgehead atoms. The lowest BCUT2D eigenvalue weighted by molar-refractivity contribution is 0.694. The molecule has 0 amide bonds. The number of nitrogens with zero attached hydrogens (tertiary/aromatic N) is 1. The van der Waals surface area contributed by atoms with Crippen LogP contribution in [0.1, 0.15) is 0 Å². The number of hydrogen-bond donors (Lipinski definition) is 2. The second kappa shape index (κ2) is 2.51. The molecule has 2 atom stereocenters. The van der Waals surface area contributed by atoms with Crippen molar-refractivity contribution in [3.05, 3.63) is 24.3 Å². The summed E-state index contributed by atoms with van der Waals surface area (Å²) in [5, 5.41) is 3.23. The molecule has 0 saturated carbocycles. The van der Waals surface area contributed by atoms with Crippen LogP contribution in [0.25, 0.3) is 0 Å². The van der Waals surface area contributed by atoms with Crippen LogP contribution in [0.2, 0.25) is 0 Å². The second-order valence-corrected chi connectivity index (χ2v) is 2.71. The molecule has 3 N–H and O–H groups in total. The SMILES string of the molecule is NCC1=NC2C=CC=CC2N1. The van der Waals surface area contributed by atoms with Gasteiger partial charge >= 0.3 is 0 Å². The minimum absolute atomic E-state index is 0.276. The number of amidine groups is 1. The maximum absolute atomic E-state index is 5.45. The third-order valence-electron chi connectivity index (χ3n) is 1.94. The lowest BCUT2D eigenvalue weighted by atomic mass is 10.1. The van der Waals surface area contributed by atoms with Gasteiger partial charge in [0, 0.05) is 0 Å². The standard InChI is InChI=1S/C8H11N3/c9-5-8-10-6-3-1-2-4-7(6)11-8/h1-4,6-7H,5,9H2,(H,10,11). The molecule has 0 spiro atoms. The fourth-order valence-electron chi connectivity index (χ4n) is 1.37. The van der Waals surface area contributed by atoms with E-state index in [1.54, 1.807) is 0 Å². The van der Waals surface area contributed by atoms with Gasteiger partial charge in [-0.1, -0.05) is 24.3 Å². The van der Waals surface area contributed by atoms with Crippen LogP contribution < -0.4 is 11.1 Å². The number of fused-ring (bicyclic) bond motifs is 1. The number of hydrogen-bond acceptors (Lipinski definition) is 3. The van der Waals surface area contributed by atoms with E-state index >= 15 is 0 Å². The maximum Gasteiger partial charge on any atom is 0.111 e. The minimum atomic E-state index is 0.276. The molecule has 58 valence electrons. The normalized spacial score (nSPS) is 33.0. The van der Waals surface area contributed by atoms with Crippen LogP contribution in [0.15, 0.2) is 29.3 Å². The third kappa shape index (κ3) is 1.07. The van der Waals surface area contributed by atoms with E-state index < -0.39 is 0 Å². The van der Waals surface area contributed by atoms with E-state index in [2.05, 4.69) is 22.5 Å². The highest BCUT2D eigenvalue weighted by Crippen LogP contribution is 2.13. The molecule has 1 aliphatic heterocycles. The second-order valence-electron chi connectivity index (χ2n) is 2.71. The quantitative estimate of drug-likeness (QED) is 0.543. The Morgan fingerprint density at radius 1 is 1.45 bits per heavy atom. The summed E-state index contributed by atoms with van der Waals surface area (Å²) in [5.41, 5.74) is 5.45. The van der Waals surface area contributed by atoms with Crippen LogP contribution in [-0.4, -0.2) is 24.5 Å². The molecule has 0 radical (unpaired) electrons. The van der Waals surface area contributed by atoms with Gasteiger partial charge in [0.1, 0.15) is 5.84 Å². The van der Waals surface area contributed by atoms with Crippen LogP contribution in [0, 0.1) is 0 Å². The van der Waals surface area contributed by atoms with Gasteiger partial charge in [-0.2, -0.15) is 0 Å². The largest absolute Gasteiger partial charge is 0.364 e. The highest BCUT2D eigenvalue weighted by molar-refractivity contribution is 5.86. The lowest BCUT2D eigenvalue weighted by Gasteiger charge is -2.13. The summed E-state index contributed by atoms with van der Waals surface area (Å²) in [6, 6.07) is 0.622. The van der Waals surface area contributed by atoms with E-state index in [-0.39, 0.29) is 6.04 Å². The Labute approximate surface area is 65.7 Å². The maximum atomic E-state index is 5.45. The minimum Gasteiger partial charge on any atom is -0.364 e. The fourth-order valence-corrected chi connectivity index (χ4v) is 1.37. The van der Waals surface area contributed by atoms with Crippen molar-refractivity contribution in [1.29, 1.82) is 0 Å². The Kier molecular flexibility index (Phi) is 1.51. The van der Waals surface area contributed by atoms with Gasteiger partial charge in [0.25, 0.3) is 0 Å². The highest BCUT2D eigenvalue weighted by atomic mass is 15.1. The molecule has 2 rings (SSSR count). The van der Waals surface area contributed by atoms with Crippen LogP contribution in [0.4, 0.5) is 0 Å². The number of allylic oxidation sites excluding steroid dienone is 2. The topological polar surface area (TPSA) is 50.4 Å². The zero-order valence-corrected chi connectivity index (χ0v) is 6.20. The van der Waals surface area contributed by atoms with Gasteiger partial charge in [-0.25, -0.2) is 0 Å². The Bertz CT molecular complexity index is 240. The van der Waals surface area contributed by atoms with Crippen molar-refractivity contribution in [3.63, 3.8) is 0 Å². The third-order valence-corrected chi connectivity index (χ3v) is 1.94. The van der Waals surface area contributed by atoms with Gasteiger partial charge in [-0.15, -0.1) is 0 Å². The van der Waals surface area contributed by atoms with Crippen LogP contribution in [0.5, 0.6) is 0 Å². The summed E-state index contributed by atoms with van der Waals surface area (Å²) >= 11 is 0. The summed E-state index contributed by atoms with van der Waals surface area (Å²) in [6.45, 7) is 0.509. The lowest BCUT2D eigenvalue weighted by Crippen LogP contribution is -2.35. The van der Waals surface area contributed by atoms with E-state index in [0.717, 1.165) is 5.84 Å². The van der Waals surface area contributed by atoms with Crippen molar-refractivity contribution in [2.45, 2.75) is 12.1 Å². The number of aliphatic imine (C=N–C) groups is 1. The van der Waals surface area contributed by atoms with Crippen molar-refractivity contribution in [3.8, 4) is 0 Å². The molecule has 0 saturated heterocycles. The molecule has 2 unspecified atom stereocenters. The van der Waals surface area contributed by atoms with Crippen molar-refractivity contribution < 1.29 is 0 Å². The van der Waals surface area contributed by atoms with E-state index in [1.807, 2.05) is 12.2 Å². The smallest absolute Gasteiger partial charge is 0.111 e. The van der Waals surface area contributed by atoms with E-state index in [4.69, 9.17) is 5.73 Å². The molecule has 11 heavy (non-hydrogen) atoms. The van der Waals surface area contributed by atoms with Gasteiger partial charge in [-0.05, 0) is 0 Å². The Hall–Kier alpha value is -1.09. The summed E-state index contributed by atoms with van der Waals surface area (Å²) < 4.78 is 0. The molecule has 3 nitrogen and oxygen atoms in total. The highest BCUT2D eigenvalue weighted by Gasteiger charge is 2.24. The Morgan fingerprint density at radius 3 is 3.00 bits per heavy atom. The molecule has 0 aromatic heterocycles. The van der Waals surface area contributed by atoms with Crippen LogP contribution >= 0.6 is 0 Å². The first-order valence-electron chi connectivity index (χ1n) is 3.78. The zero-order valence-electron chi connectivity index (χ0n) is 6.20. The first-order chi connectivity index (χ1) is 5.40. The van der Waals surface area contributed by atoms with E-state index in [1.165, 1.54) is 0 Å². The summed E-state index contributed by atoms with van der Waals surface area (Å²) in [6.07, 6.45) is 8.24. The molecule has 0 aromatic carbocycles. The number of rotatable bonds is 1. The summed E-state index contributed by atoms with van der Waals surface area (Å²) in [5.74, 6) is 0.913. The molecule has 0 fully saturated rings. The van der Waals surface area contributed by atoms with Gasteiger partial charge in [-0.3, -0.25) is 4.99 Å². The predicted octanol–water partition coefficient (Wildman–Crippen LogP) is -0.190. The van der Waals surface area contributed by atoms with Gasteiger partial charge in [0.2, 0.25) is 0 Å². The predicted molar refractivity (Wildman–Crippen MR) is 45.5 cm³/mol. The Balaban J connectivity index is 2.16. The van der Waals surface area contributed by atoms with Crippen molar-refractivity contribution >= 4 is 5.84 Å². The first-order valence-corrected chi connectivity index (χ1v) is 3.78. The fraction of sp³-hybridized carbons (Fsp3) is 0.375. The molecule has 2 aliphatic rings. The van der Waals surface area contributed by atoms with Crippen LogP contribution in [0.3, 0.4) is 0 Å². The van der Waals surface area contributed by atoms with Crippen molar-refractivity contribution in [2.75, 3.05) is 6.54 Å². The molecular formula is C8H11N3. The molecule has 0 aromatic rings. The van der Waals surface area contributed by atoms with Crippen molar-refractivity contribution in [1.82, 2.24) is 5.32 Å². The molecule has 1 heterocycles. The first kappa shape index (κ1) is 6.61. The molecule has 3 heteroatoms. The molecular weight excluding hydrogens is 138 g/mol. The monoisotopic (exact) mass is 149 g/mol. The summed E-state index contributed by atoms with van der Waals surface area (Å²) in [7, 11) is 0. The molecule has 1 aliphatic carbocycles. The van der Waals surface area contributed by atoms with E-state index in [0.29, 0.717) is 12.6 Å². The van der Waals surface area contributed by atoms with Gasteiger partial charge in [0.15, 0.2) is 0 Å². The van der Waals surface area contributed by atoms with Gasteiger partial charge < -0.3 is 11.1 Å². The Morgan fingerprint density at radius 2 is 2.27 bits per heavy atom. The van der Waals surface area contributed by atoms with E-state index in [9.17, 15) is 0 Å². The average Bonchev–Trinajstić information content (AvgIpc) is 2.46. The van der Waals surface area contributed by atoms with Gasteiger partial charge in [0.05, 0.1) is 18.6 Å². The summed E-state index contributed by atoms with van der Waals surface area (Å²) in [4.78, 5) is 4.37. The average molecular weight is 149 g/mol. The number of nitrogens with two attached hydrogens (primary N) is 1. The van der Waals surface area contributed by atoms with Crippen molar-refractivity contribution in [2.24, 2.45) is 10.7 Å². The van der Waals surface area contributed by atoms with Crippen LogP contribution in [-0.2, 0) is 0 Å². The number of nitrogens with one attached hydrogen (secondary N) is 1. The zero-order chi connectivity index (χ0) is 7.68.